The molecule has 76 valence electrons. The fourth-order valence-corrected chi connectivity index (χ4v) is 1.44. The maximum atomic E-state index is 12.7. The first-order valence-electron chi connectivity index (χ1n) is 4.65. The van der Waals surface area contributed by atoms with Crippen LogP contribution in [0.25, 0.3) is 0 Å². The third-order valence-corrected chi connectivity index (χ3v) is 2.30. The van der Waals surface area contributed by atoms with E-state index in [2.05, 4.69) is 0 Å². The number of ether oxygens (including phenoxy) is 1. The van der Waals surface area contributed by atoms with E-state index in [1.807, 2.05) is 0 Å². The molecule has 1 rings (SSSR count). The minimum atomic E-state index is -0.716. The van der Waals surface area contributed by atoms with Crippen molar-refractivity contribution in [3.8, 4) is 0 Å². The minimum absolute atomic E-state index is 0.0775. The van der Waals surface area contributed by atoms with Gasteiger partial charge in [0, 0.05) is 20.2 Å². The molecule has 1 fully saturated rings. The molecule has 0 saturated carbocycles. The molecule has 0 spiro atoms. The Kier molecular flexibility index (Phi) is 4.15. The number of halogens is 1. The minimum Gasteiger partial charge on any atom is -0.384 e. The lowest BCUT2D eigenvalue weighted by molar-refractivity contribution is -0.133. The van der Waals surface area contributed by atoms with Crippen LogP contribution in [-0.2, 0) is 9.53 Å². The van der Waals surface area contributed by atoms with Gasteiger partial charge in [-0.2, -0.15) is 0 Å². The van der Waals surface area contributed by atoms with Crippen molar-refractivity contribution in [2.45, 2.75) is 25.4 Å². The molecule has 0 aromatic carbocycles. The van der Waals surface area contributed by atoms with Gasteiger partial charge in [0.2, 0.25) is 5.91 Å². The summed E-state index contributed by atoms with van der Waals surface area (Å²) < 4.78 is 17.5. The highest BCUT2D eigenvalue weighted by Crippen LogP contribution is 2.13. The van der Waals surface area contributed by atoms with E-state index in [4.69, 9.17) is 4.74 Å². The van der Waals surface area contributed by atoms with Crippen molar-refractivity contribution in [1.29, 1.82) is 0 Å². The van der Waals surface area contributed by atoms with Gasteiger partial charge in [0.05, 0.1) is 13.0 Å². The Morgan fingerprint density at radius 3 is 2.69 bits per heavy atom. The highest BCUT2D eigenvalue weighted by atomic mass is 19.1. The van der Waals surface area contributed by atoms with Crippen LogP contribution in [0.4, 0.5) is 4.39 Å². The second-order valence-electron chi connectivity index (χ2n) is 3.30. The summed E-state index contributed by atoms with van der Waals surface area (Å²) in [4.78, 5) is 13.1. The third kappa shape index (κ3) is 3.30. The molecule has 1 heterocycles. The number of carbonyl (C=O) groups is 1. The Labute approximate surface area is 77.9 Å². The average molecular weight is 189 g/mol. The van der Waals surface area contributed by atoms with Gasteiger partial charge in [-0.3, -0.25) is 4.79 Å². The van der Waals surface area contributed by atoms with Crippen molar-refractivity contribution in [3.05, 3.63) is 0 Å². The zero-order valence-corrected chi connectivity index (χ0v) is 7.96. The largest absolute Gasteiger partial charge is 0.384 e. The number of methoxy groups -OCH3 is 1. The smallest absolute Gasteiger partial charge is 0.224 e. The van der Waals surface area contributed by atoms with Gasteiger partial charge in [0.25, 0.3) is 0 Å². The van der Waals surface area contributed by atoms with Crippen LogP contribution < -0.4 is 0 Å². The van der Waals surface area contributed by atoms with E-state index >= 15 is 0 Å². The van der Waals surface area contributed by atoms with Gasteiger partial charge in [-0.1, -0.05) is 0 Å². The molecule has 0 N–H and O–H groups in total. The van der Waals surface area contributed by atoms with Crippen LogP contribution in [0.3, 0.4) is 0 Å². The summed E-state index contributed by atoms with van der Waals surface area (Å²) in [6, 6.07) is 0. The van der Waals surface area contributed by atoms with Crippen LogP contribution >= 0.6 is 0 Å². The van der Waals surface area contributed by atoms with Crippen LogP contribution in [0.15, 0.2) is 0 Å². The number of likely N-dealkylation sites (tertiary alicyclic amines) is 1. The molecule has 1 aliphatic heterocycles. The van der Waals surface area contributed by atoms with E-state index < -0.39 is 6.17 Å². The van der Waals surface area contributed by atoms with Crippen molar-refractivity contribution < 1.29 is 13.9 Å². The SMILES string of the molecule is COCCC(=O)N1CCC(F)CC1. The molecule has 0 atom stereocenters. The molecule has 0 aliphatic carbocycles. The summed E-state index contributed by atoms with van der Waals surface area (Å²) in [5, 5.41) is 0. The van der Waals surface area contributed by atoms with Gasteiger partial charge in [0.1, 0.15) is 6.17 Å². The second-order valence-corrected chi connectivity index (χ2v) is 3.30. The average Bonchev–Trinajstić information content (AvgIpc) is 2.15. The Bertz CT molecular complexity index is 167. The van der Waals surface area contributed by atoms with Crippen LogP contribution in [0.5, 0.6) is 0 Å². The van der Waals surface area contributed by atoms with E-state index in [1.165, 1.54) is 0 Å². The molecule has 3 nitrogen and oxygen atoms in total. The topological polar surface area (TPSA) is 29.5 Å². The summed E-state index contributed by atoms with van der Waals surface area (Å²) in [5.41, 5.74) is 0. The maximum absolute atomic E-state index is 12.7. The molecule has 4 heteroatoms. The Morgan fingerprint density at radius 2 is 2.15 bits per heavy atom. The molecular formula is C9H16FNO2. The predicted octanol–water partition coefficient (Wildman–Crippen LogP) is 0.983. The van der Waals surface area contributed by atoms with Crippen LogP contribution in [0.1, 0.15) is 19.3 Å². The quantitative estimate of drug-likeness (QED) is 0.662. The lowest BCUT2D eigenvalue weighted by Gasteiger charge is -2.28. The number of piperidine rings is 1. The molecule has 0 bridgehead atoms. The Morgan fingerprint density at radius 1 is 1.54 bits per heavy atom. The molecule has 1 amide bonds. The number of hydrogen-bond acceptors (Lipinski definition) is 2. The zero-order chi connectivity index (χ0) is 9.68. The van der Waals surface area contributed by atoms with Gasteiger partial charge in [0.15, 0.2) is 0 Å². The maximum Gasteiger partial charge on any atom is 0.224 e. The zero-order valence-electron chi connectivity index (χ0n) is 7.96. The van der Waals surface area contributed by atoms with Gasteiger partial charge < -0.3 is 9.64 Å². The monoisotopic (exact) mass is 189 g/mol. The first-order chi connectivity index (χ1) is 6.24. The molecule has 1 aliphatic rings. The molecule has 0 aromatic heterocycles. The van der Waals surface area contributed by atoms with E-state index in [1.54, 1.807) is 12.0 Å². The van der Waals surface area contributed by atoms with Crippen molar-refractivity contribution in [2.24, 2.45) is 0 Å². The van der Waals surface area contributed by atoms with Crippen molar-refractivity contribution in [3.63, 3.8) is 0 Å². The number of alkyl halides is 1. The fraction of sp³-hybridized carbons (Fsp3) is 0.889. The van der Waals surface area contributed by atoms with Crippen molar-refractivity contribution in [2.75, 3.05) is 26.8 Å². The first kappa shape index (κ1) is 10.4. The number of hydrogen-bond donors (Lipinski definition) is 0. The van der Waals surface area contributed by atoms with Gasteiger partial charge in [-0.15, -0.1) is 0 Å². The Balaban J connectivity index is 2.23. The van der Waals surface area contributed by atoms with Crippen molar-refractivity contribution >= 4 is 5.91 Å². The second kappa shape index (κ2) is 5.17. The number of carbonyl (C=O) groups excluding carboxylic acids is 1. The molecule has 1 saturated heterocycles. The van der Waals surface area contributed by atoms with Gasteiger partial charge in [-0.05, 0) is 12.8 Å². The highest BCUT2D eigenvalue weighted by Gasteiger charge is 2.21. The number of amides is 1. The third-order valence-electron chi connectivity index (χ3n) is 2.30. The van der Waals surface area contributed by atoms with E-state index in [0.717, 1.165) is 0 Å². The van der Waals surface area contributed by atoms with E-state index in [-0.39, 0.29) is 5.91 Å². The van der Waals surface area contributed by atoms with Gasteiger partial charge in [-0.25, -0.2) is 4.39 Å². The molecule has 13 heavy (non-hydrogen) atoms. The first-order valence-corrected chi connectivity index (χ1v) is 4.65. The van der Waals surface area contributed by atoms with E-state index in [0.29, 0.717) is 39.0 Å². The summed E-state index contributed by atoms with van der Waals surface area (Å²) >= 11 is 0. The summed E-state index contributed by atoms with van der Waals surface area (Å²) in [6.45, 7) is 1.57. The summed E-state index contributed by atoms with van der Waals surface area (Å²) in [5.74, 6) is 0.0775. The van der Waals surface area contributed by atoms with Crippen LogP contribution in [0, 0.1) is 0 Å². The fourth-order valence-electron chi connectivity index (χ4n) is 1.44. The van der Waals surface area contributed by atoms with E-state index in [9.17, 15) is 9.18 Å². The normalized spacial score (nSPS) is 19.1. The van der Waals surface area contributed by atoms with Gasteiger partial charge >= 0.3 is 0 Å². The molecule has 0 unspecified atom stereocenters. The highest BCUT2D eigenvalue weighted by molar-refractivity contribution is 5.76. The number of rotatable bonds is 3. The number of nitrogens with zero attached hydrogens (tertiary/aromatic N) is 1. The van der Waals surface area contributed by atoms with Crippen LogP contribution in [-0.4, -0.2) is 43.8 Å². The molecular weight excluding hydrogens is 173 g/mol. The standard InChI is InChI=1S/C9H16FNO2/c1-13-7-4-9(12)11-5-2-8(10)3-6-11/h8H,2-7H2,1H3. The lowest BCUT2D eigenvalue weighted by atomic mass is 10.1. The van der Waals surface area contributed by atoms with Crippen molar-refractivity contribution in [1.82, 2.24) is 4.90 Å². The molecule has 0 radical (unpaired) electrons. The predicted molar refractivity (Wildman–Crippen MR) is 47.2 cm³/mol. The van der Waals surface area contributed by atoms with Crippen LogP contribution in [0.2, 0.25) is 0 Å². The molecule has 0 aromatic rings. The summed E-state index contributed by atoms with van der Waals surface area (Å²) in [7, 11) is 1.57. The lowest BCUT2D eigenvalue weighted by Crippen LogP contribution is -2.39. The Hall–Kier alpha value is -0.640. The summed E-state index contributed by atoms with van der Waals surface area (Å²) in [6.07, 6.45) is 0.664.